The molecule has 0 aromatic rings. The quantitative estimate of drug-likeness (QED) is 0.137. The number of esters is 1. The predicted molar refractivity (Wildman–Crippen MR) is 132 cm³/mol. The van der Waals surface area contributed by atoms with Crippen LogP contribution in [-0.2, 0) is 23.7 Å². The molecule has 6 atom stereocenters. The number of rotatable bonds is 21. The minimum Gasteiger partial charge on any atom is -0.457 e. The topological polar surface area (TPSA) is 135 Å². The Kier molecular flexibility index (Phi) is 18.7. The highest BCUT2D eigenvalue weighted by Gasteiger charge is 2.44. The molecule has 0 amide bonds. The monoisotopic (exact) mass is 506 g/mol. The van der Waals surface area contributed by atoms with Gasteiger partial charge in [0.05, 0.1) is 19.8 Å². The van der Waals surface area contributed by atoms with Crippen LogP contribution in [0.4, 0.5) is 0 Å². The molecular formula is C26H50O9. The number of carbonyl (C=O) groups is 1. The van der Waals surface area contributed by atoms with Crippen LogP contribution < -0.4 is 0 Å². The van der Waals surface area contributed by atoms with Crippen LogP contribution in [0.3, 0.4) is 0 Å². The van der Waals surface area contributed by atoms with Gasteiger partial charge in [-0.1, -0.05) is 78.1 Å². The Hall–Kier alpha value is -0.810. The lowest BCUT2D eigenvalue weighted by molar-refractivity contribution is -0.305. The summed E-state index contributed by atoms with van der Waals surface area (Å²) < 4.78 is 22.2. The third kappa shape index (κ3) is 13.9. The first-order valence-electron chi connectivity index (χ1n) is 13.6. The van der Waals surface area contributed by atoms with Crippen LogP contribution >= 0.6 is 0 Å². The second-order valence-electron chi connectivity index (χ2n) is 9.50. The average molecular weight is 507 g/mol. The van der Waals surface area contributed by atoms with Gasteiger partial charge in [-0.25, -0.2) is 0 Å². The van der Waals surface area contributed by atoms with E-state index in [1.165, 1.54) is 44.9 Å². The molecule has 9 nitrogen and oxygen atoms in total. The van der Waals surface area contributed by atoms with Crippen LogP contribution in [0.2, 0.25) is 0 Å². The Balaban J connectivity index is 2.40. The molecule has 1 rings (SSSR count). The third-order valence-electron chi connectivity index (χ3n) is 6.27. The van der Waals surface area contributed by atoms with E-state index in [0.717, 1.165) is 32.1 Å². The van der Waals surface area contributed by atoms with Crippen molar-refractivity contribution >= 4 is 5.97 Å². The Morgan fingerprint density at radius 1 is 0.800 bits per heavy atom. The maximum Gasteiger partial charge on any atom is 0.306 e. The van der Waals surface area contributed by atoms with Gasteiger partial charge in [0.1, 0.15) is 30.5 Å². The summed E-state index contributed by atoms with van der Waals surface area (Å²) in [6.07, 6.45) is 6.43. The molecule has 0 bridgehead atoms. The smallest absolute Gasteiger partial charge is 0.306 e. The number of carbonyl (C=O) groups excluding carboxylic acids is 1. The van der Waals surface area contributed by atoms with Crippen LogP contribution in [0, 0.1) is 0 Å². The van der Waals surface area contributed by atoms with E-state index in [1.54, 1.807) is 0 Å². The van der Waals surface area contributed by atoms with Crippen molar-refractivity contribution in [2.75, 3.05) is 26.4 Å². The minimum absolute atomic E-state index is 0.111. The van der Waals surface area contributed by atoms with Gasteiger partial charge in [-0.3, -0.25) is 4.79 Å². The highest BCUT2D eigenvalue weighted by Crippen LogP contribution is 2.22. The summed E-state index contributed by atoms with van der Waals surface area (Å²) in [7, 11) is 0. The fourth-order valence-electron chi connectivity index (χ4n) is 4.02. The summed E-state index contributed by atoms with van der Waals surface area (Å²) in [5, 5.41) is 39.3. The third-order valence-corrected chi connectivity index (χ3v) is 6.27. The van der Waals surface area contributed by atoms with Crippen molar-refractivity contribution < 1.29 is 44.2 Å². The van der Waals surface area contributed by atoms with Crippen molar-refractivity contribution in [3.8, 4) is 0 Å². The van der Waals surface area contributed by atoms with Crippen molar-refractivity contribution in [3.05, 3.63) is 0 Å². The van der Waals surface area contributed by atoms with Crippen molar-refractivity contribution in [3.63, 3.8) is 0 Å². The van der Waals surface area contributed by atoms with E-state index in [1.807, 2.05) is 0 Å². The number of hydrogen-bond acceptors (Lipinski definition) is 9. The maximum atomic E-state index is 12.2. The molecular weight excluding hydrogens is 456 g/mol. The standard InChI is InChI=1S/C26H50O9/c1-3-5-7-8-9-10-11-12-14-16-32-18-20(34-22(28)15-13-6-4-2)19-33-26-25(31)24(30)23(29)21(17-27)35-26/h20-21,23-27,29-31H,3-19H2,1-2H3. The zero-order valence-electron chi connectivity index (χ0n) is 21.8. The summed E-state index contributed by atoms with van der Waals surface area (Å²) >= 11 is 0. The fraction of sp³-hybridized carbons (Fsp3) is 0.962. The van der Waals surface area contributed by atoms with Crippen molar-refractivity contribution in [2.24, 2.45) is 0 Å². The van der Waals surface area contributed by atoms with Crippen LogP contribution in [0.1, 0.15) is 97.3 Å². The van der Waals surface area contributed by atoms with Gasteiger partial charge in [0, 0.05) is 13.0 Å². The zero-order valence-corrected chi connectivity index (χ0v) is 21.8. The number of ether oxygens (including phenoxy) is 4. The van der Waals surface area contributed by atoms with E-state index >= 15 is 0 Å². The van der Waals surface area contributed by atoms with Crippen molar-refractivity contribution in [1.82, 2.24) is 0 Å². The second-order valence-corrected chi connectivity index (χ2v) is 9.50. The average Bonchev–Trinajstić information content (AvgIpc) is 2.85. The summed E-state index contributed by atoms with van der Waals surface area (Å²) in [4.78, 5) is 12.2. The summed E-state index contributed by atoms with van der Waals surface area (Å²) in [5.74, 6) is -0.340. The lowest BCUT2D eigenvalue weighted by Gasteiger charge is -2.39. The van der Waals surface area contributed by atoms with Crippen LogP contribution in [0.25, 0.3) is 0 Å². The van der Waals surface area contributed by atoms with Gasteiger partial charge in [0.15, 0.2) is 6.29 Å². The van der Waals surface area contributed by atoms with Crippen LogP contribution in [-0.4, -0.2) is 89.6 Å². The fourth-order valence-corrected chi connectivity index (χ4v) is 4.02. The van der Waals surface area contributed by atoms with Gasteiger partial charge in [0.2, 0.25) is 0 Å². The van der Waals surface area contributed by atoms with Gasteiger partial charge in [-0.15, -0.1) is 0 Å². The molecule has 1 heterocycles. The molecule has 0 aromatic carbocycles. The number of aliphatic hydroxyl groups is 4. The molecule has 0 spiro atoms. The highest BCUT2D eigenvalue weighted by atomic mass is 16.7. The first kappa shape index (κ1) is 32.2. The van der Waals surface area contributed by atoms with Crippen molar-refractivity contribution in [1.29, 1.82) is 0 Å². The zero-order chi connectivity index (χ0) is 25.9. The molecule has 0 radical (unpaired) electrons. The van der Waals surface area contributed by atoms with E-state index in [-0.39, 0.29) is 19.2 Å². The van der Waals surface area contributed by atoms with Gasteiger partial charge >= 0.3 is 5.97 Å². The summed E-state index contributed by atoms with van der Waals surface area (Å²) in [6, 6.07) is 0. The molecule has 9 heteroatoms. The number of unbranched alkanes of at least 4 members (excludes halogenated alkanes) is 10. The van der Waals surface area contributed by atoms with Gasteiger partial charge in [-0.05, 0) is 12.8 Å². The first-order valence-corrected chi connectivity index (χ1v) is 13.6. The molecule has 0 aliphatic carbocycles. The molecule has 1 saturated heterocycles. The minimum atomic E-state index is -1.52. The van der Waals surface area contributed by atoms with E-state index in [2.05, 4.69) is 13.8 Å². The van der Waals surface area contributed by atoms with Crippen molar-refractivity contribution in [2.45, 2.75) is 134 Å². The molecule has 4 N–H and O–H groups in total. The molecule has 1 fully saturated rings. The van der Waals surface area contributed by atoms with E-state index < -0.39 is 43.4 Å². The van der Waals surface area contributed by atoms with Crippen LogP contribution in [0.15, 0.2) is 0 Å². The second kappa shape index (κ2) is 20.3. The lowest BCUT2D eigenvalue weighted by Crippen LogP contribution is -2.59. The molecule has 6 unspecified atom stereocenters. The van der Waals surface area contributed by atoms with Gasteiger partial charge < -0.3 is 39.4 Å². The van der Waals surface area contributed by atoms with E-state index in [0.29, 0.717) is 13.0 Å². The summed E-state index contributed by atoms with van der Waals surface area (Å²) in [5.41, 5.74) is 0. The van der Waals surface area contributed by atoms with E-state index in [9.17, 15) is 25.2 Å². The highest BCUT2D eigenvalue weighted by molar-refractivity contribution is 5.69. The Morgan fingerprint density at radius 2 is 1.40 bits per heavy atom. The van der Waals surface area contributed by atoms with Crippen LogP contribution in [0.5, 0.6) is 0 Å². The largest absolute Gasteiger partial charge is 0.457 e. The normalized spacial score (nSPS) is 25.5. The molecule has 1 aliphatic rings. The number of hydrogen-bond donors (Lipinski definition) is 4. The van der Waals surface area contributed by atoms with Gasteiger partial charge in [-0.2, -0.15) is 0 Å². The predicted octanol–water partition coefficient (Wildman–Crippen LogP) is 2.84. The molecule has 0 saturated carbocycles. The first-order chi connectivity index (χ1) is 16.9. The molecule has 208 valence electrons. The molecule has 0 aromatic heterocycles. The summed E-state index contributed by atoms with van der Waals surface area (Å²) in [6.45, 7) is 4.33. The molecule has 35 heavy (non-hydrogen) atoms. The molecule has 1 aliphatic heterocycles. The van der Waals surface area contributed by atoms with E-state index in [4.69, 9.17) is 18.9 Å². The van der Waals surface area contributed by atoms with Gasteiger partial charge in [0.25, 0.3) is 0 Å². The Labute approximate surface area is 211 Å². The lowest BCUT2D eigenvalue weighted by atomic mass is 9.99. The number of aliphatic hydroxyl groups excluding tert-OH is 4. The Morgan fingerprint density at radius 3 is 2.03 bits per heavy atom. The maximum absolute atomic E-state index is 12.2. The SMILES string of the molecule is CCCCCCCCCCCOCC(COC1OC(CO)C(O)C(O)C1O)OC(=O)CCCCC. The Bertz CT molecular complexity index is 517.